The molecule has 148 valence electrons. The first-order valence-electron chi connectivity index (χ1n) is 10.1. The quantitative estimate of drug-likeness (QED) is 0.849. The van der Waals surface area contributed by atoms with Crippen molar-refractivity contribution in [3.8, 4) is 0 Å². The fourth-order valence-corrected chi connectivity index (χ4v) is 5.27. The molecule has 0 aromatic heterocycles. The van der Waals surface area contributed by atoms with Crippen LogP contribution in [0.25, 0.3) is 0 Å². The van der Waals surface area contributed by atoms with E-state index in [-0.39, 0.29) is 24.2 Å². The van der Waals surface area contributed by atoms with Gasteiger partial charge in [0.2, 0.25) is 5.91 Å². The maximum absolute atomic E-state index is 12.7. The molecular weight excluding hydrogens is 348 g/mol. The number of nitrogens with zero attached hydrogens (tertiary/aromatic N) is 1. The minimum absolute atomic E-state index is 0.0452. The van der Waals surface area contributed by atoms with Crippen LogP contribution in [-0.2, 0) is 4.79 Å². The van der Waals surface area contributed by atoms with Crippen LogP contribution in [0.1, 0.15) is 68.9 Å². The summed E-state index contributed by atoms with van der Waals surface area (Å²) >= 11 is 0. The molecule has 5 heteroatoms. The molecule has 1 heterocycles. The number of benzene rings is 1. The second-order valence-electron chi connectivity index (χ2n) is 9.47. The van der Waals surface area contributed by atoms with Gasteiger partial charge in [-0.2, -0.15) is 0 Å². The van der Waals surface area contributed by atoms with E-state index in [0.29, 0.717) is 11.8 Å². The van der Waals surface area contributed by atoms with Gasteiger partial charge < -0.3 is 10.0 Å². The highest BCUT2D eigenvalue weighted by Gasteiger charge is 2.56. The number of hydrogen-bond donors (Lipinski definition) is 1. The topological polar surface area (TPSA) is 40.5 Å². The molecule has 0 bridgehead atoms. The minimum atomic E-state index is -2.76. The van der Waals surface area contributed by atoms with Gasteiger partial charge in [0.05, 0.1) is 0 Å². The molecule has 1 N–H and O–H groups in total. The van der Waals surface area contributed by atoms with E-state index in [1.165, 1.54) is 11.1 Å². The zero-order valence-electron chi connectivity index (χ0n) is 16.1. The SMILES string of the molecule is CC(C)c1cccc(C2CCC3(C2)CN(C(=O)C2CC(O)(C(F)F)C2)C3)c1. The summed E-state index contributed by atoms with van der Waals surface area (Å²) in [6.07, 6.45) is 0.414. The van der Waals surface area contributed by atoms with Gasteiger partial charge in [0.15, 0.2) is 0 Å². The zero-order chi connectivity index (χ0) is 19.4. The summed E-state index contributed by atoms with van der Waals surface area (Å²) in [5, 5.41) is 9.69. The second-order valence-corrected chi connectivity index (χ2v) is 9.47. The number of aliphatic hydroxyl groups is 1. The molecule has 1 amide bonds. The predicted molar refractivity (Wildman–Crippen MR) is 99.8 cm³/mol. The molecule has 2 saturated carbocycles. The summed E-state index contributed by atoms with van der Waals surface area (Å²) in [5.41, 5.74) is 1.04. The molecule has 4 rings (SSSR count). The van der Waals surface area contributed by atoms with Crippen LogP contribution in [0.5, 0.6) is 0 Å². The molecule has 2 aliphatic carbocycles. The van der Waals surface area contributed by atoms with Crippen molar-refractivity contribution in [3.63, 3.8) is 0 Å². The van der Waals surface area contributed by atoms with E-state index in [9.17, 15) is 18.7 Å². The highest BCUT2D eigenvalue weighted by molar-refractivity contribution is 5.81. The standard InChI is InChI=1S/C22H29F2NO2/c1-14(2)15-4-3-5-16(8-15)17-6-7-21(9-17)12-25(13-21)19(26)18-10-22(27,11-18)20(23)24/h3-5,8,14,17-18,20,27H,6-7,9-13H2,1-2H3. The Labute approximate surface area is 159 Å². The van der Waals surface area contributed by atoms with Crippen molar-refractivity contribution in [2.75, 3.05) is 13.1 Å². The third-order valence-corrected chi connectivity index (χ3v) is 7.07. The molecule has 1 atom stereocenters. The molecule has 0 radical (unpaired) electrons. The lowest BCUT2D eigenvalue weighted by atomic mass is 9.69. The Morgan fingerprint density at radius 3 is 2.56 bits per heavy atom. The first kappa shape index (κ1) is 18.9. The highest BCUT2D eigenvalue weighted by Crippen LogP contribution is 2.53. The lowest BCUT2D eigenvalue weighted by molar-refractivity contribution is -0.188. The van der Waals surface area contributed by atoms with Gasteiger partial charge in [0, 0.05) is 24.4 Å². The summed E-state index contributed by atoms with van der Waals surface area (Å²) < 4.78 is 25.5. The van der Waals surface area contributed by atoms with E-state index in [1.807, 2.05) is 4.90 Å². The van der Waals surface area contributed by atoms with Crippen molar-refractivity contribution < 1.29 is 18.7 Å². The van der Waals surface area contributed by atoms with E-state index in [0.717, 1.165) is 32.4 Å². The lowest BCUT2D eigenvalue weighted by Gasteiger charge is -2.52. The number of rotatable bonds is 4. The van der Waals surface area contributed by atoms with Crippen LogP contribution < -0.4 is 0 Å². The van der Waals surface area contributed by atoms with Gasteiger partial charge in [-0.1, -0.05) is 38.1 Å². The third kappa shape index (κ3) is 3.28. The highest BCUT2D eigenvalue weighted by atomic mass is 19.3. The van der Waals surface area contributed by atoms with Gasteiger partial charge in [-0.3, -0.25) is 4.79 Å². The number of carbonyl (C=O) groups excluding carboxylic acids is 1. The predicted octanol–water partition coefficient (Wildman–Crippen LogP) is 4.31. The Morgan fingerprint density at radius 1 is 1.22 bits per heavy atom. The van der Waals surface area contributed by atoms with Crippen LogP contribution in [0.4, 0.5) is 8.78 Å². The molecule has 3 fully saturated rings. The van der Waals surface area contributed by atoms with Crippen molar-refractivity contribution in [1.29, 1.82) is 0 Å². The number of amides is 1. The average Bonchev–Trinajstić information content (AvgIpc) is 3.02. The van der Waals surface area contributed by atoms with Crippen molar-refractivity contribution in [1.82, 2.24) is 4.90 Å². The average molecular weight is 377 g/mol. The molecule has 3 aliphatic rings. The van der Waals surface area contributed by atoms with Gasteiger partial charge in [0.25, 0.3) is 6.43 Å². The van der Waals surface area contributed by atoms with Crippen molar-refractivity contribution in [2.45, 2.75) is 69.8 Å². The smallest absolute Gasteiger partial charge is 0.266 e. The van der Waals surface area contributed by atoms with Crippen molar-refractivity contribution in [3.05, 3.63) is 35.4 Å². The van der Waals surface area contributed by atoms with Crippen molar-refractivity contribution in [2.24, 2.45) is 11.3 Å². The summed E-state index contributed by atoms with van der Waals surface area (Å²) in [7, 11) is 0. The number of halogens is 2. The fourth-order valence-electron chi connectivity index (χ4n) is 5.27. The van der Waals surface area contributed by atoms with Gasteiger partial charge >= 0.3 is 0 Å². The molecule has 1 aromatic rings. The van der Waals surface area contributed by atoms with Gasteiger partial charge in [-0.15, -0.1) is 0 Å². The maximum Gasteiger partial charge on any atom is 0.266 e. The molecule has 3 nitrogen and oxygen atoms in total. The minimum Gasteiger partial charge on any atom is -0.384 e. The fraction of sp³-hybridized carbons (Fsp3) is 0.682. The Bertz CT molecular complexity index is 721. The number of likely N-dealkylation sites (tertiary alicyclic amines) is 1. The second kappa shape index (κ2) is 6.54. The number of alkyl halides is 2. The van der Waals surface area contributed by atoms with E-state index in [1.54, 1.807) is 0 Å². The van der Waals surface area contributed by atoms with Crippen LogP contribution in [0, 0.1) is 11.3 Å². The van der Waals surface area contributed by atoms with Crippen LogP contribution in [0.15, 0.2) is 24.3 Å². The van der Waals surface area contributed by atoms with E-state index in [2.05, 4.69) is 38.1 Å². The molecule has 1 unspecified atom stereocenters. The van der Waals surface area contributed by atoms with Gasteiger partial charge in [-0.05, 0) is 55.1 Å². The first-order chi connectivity index (χ1) is 12.7. The molecule has 1 aliphatic heterocycles. The normalized spacial score (nSPS) is 32.0. The molecule has 1 spiro atoms. The Hall–Kier alpha value is -1.49. The van der Waals surface area contributed by atoms with Gasteiger partial charge in [0.1, 0.15) is 5.60 Å². The number of hydrogen-bond acceptors (Lipinski definition) is 2. The van der Waals surface area contributed by atoms with E-state index >= 15 is 0 Å². The molecule has 1 aromatic carbocycles. The largest absolute Gasteiger partial charge is 0.384 e. The summed E-state index contributed by atoms with van der Waals surface area (Å²) in [6, 6.07) is 8.88. The van der Waals surface area contributed by atoms with Crippen LogP contribution in [0.3, 0.4) is 0 Å². The van der Waals surface area contributed by atoms with Crippen LogP contribution in [0.2, 0.25) is 0 Å². The molecule has 1 saturated heterocycles. The van der Waals surface area contributed by atoms with Gasteiger partial charge in [-0.25, -0.2) is 8.78 Å². The summed E-state index contributed by atoms with van der Waals surface area (Å²) in [4.78, 5) is 14.3. The van der Waals surface area contributed by atoms with Crippen LogP contribution >= 0.6 is 0 Å². The third-order valence-electron chi connectivity index (χ3n) is 7.07. The number of carbonyl (C=O) groups is 1. The molecular formula is C22H29F2NO2. The van der Waals surface area contributed by atoms with Crippen molar-refractivity contribution >= 4 is 5.91 Å². The maximum atomic E-state index is 12.7. The monoisotopic (exact) mass is 377 g/mol. The first-order valence-corrected chi connectivity index (χ1v) is 10.1. The zero-order valence-corrected chi connectivity index (χ0v) is 16.1. The summed E-state index contributed by atoms with van der Waals surface area (Å²) in [6.45, 7) is 5.91. The van der Waals surface area contributed by atoms with E-state index in [4.69, 9.17) is 0 Å². The Morgan fingerprint density at radius 2 is 1.93 bits per heavy atom. The molecule has 27 heavy (non-hydrogen) atoms. The summed E-state index contributed by atoms with van der Waals surface area (Å²) in [5.74, 6) is 0.595. The Balaban J connectivity index is 1.32. The Kier molecular flexibility index (Phi) is 4.57. The van der Waals surface area contributed by atoms with E-state index < -0.39 is 17.9 Å². The van der Waals surface area contributed by atoms with Crippen LogP contribution in [-0.4, -0.2) is 41.0 Å². The lowest BCUT2D eigenvalue weighted by Crippen LogP contribution is -2.62.